The normalized spacial score (nSPS) is 11.2. The molecule has 3 heterocycles. The molecule has 7 heteroatoms. The number of H-pyrrole nitrogens is 1. The largest absolute Gasteiger partial charge is 0.497 e. The van der Waals surface area contributed by atoms with E-state index in [4.69, 9.17) is 4.74 Å². The third-order valence-electron chi connectivity index (χ3n) is 5.05. The van der Waals surface area contributed by atoms with Crippen molar-refractivity contribution in [1.29, 1.82) is 0 Å². The van der Waals surface area contributed by atoms with Crippen LogP contribution >= 0.6 is 0 Å². The molecule has 0 aliphatic rings. The van der Waals surface area contributed by atoms with Crippen LogP contribution in [0.25, 0.3) is 27.8 Å². The number of imidazole rings is 1. The first kappa shape index (κ1) is 17.2. The molecule has 144 valence electrons. The van der Waals surface area contributed by atoms with Crippen LogP contribution in [0.1, 0.15) is 5.56 Å². The Hall–Kier alpha value is -3.87. The summed E-state index contributed by atoms with van der Waals surface area (Å²) in [7, 11) is 1.66. The van der Waals surface area contributed by atoms with Gasteiger partial charge >= 0.3 is 0 Å². The van der Waals surface area contributed by atoms with E-state index in [0.29, 0.717) is 0 Å². The highest BCUT2D eigenvalue weighted by Gasteiger charge is 2.11. The van der Waals surface area contributed by atoms with E-state index in [0.717, 1.165) is 46.9 Å². The molecule has 7 nitrogen and oxygen atoms in total. The molecule has 0 saturated heterocycles. The molecular weight excluding hydrogens is 364 g/mol. The predicted octanol–water partition coefficient (Wildman–Crippen LogP) is 3.96. The molecule has 0 radical (unpaired) electrons. The van der Waals surface area contributed by atoms with Gasteiger partial charge in [0, 0.05) is 29.3 Å². The second-order valence-electron chi connectivity index (χ2n) is 6.74. The van der Waals surface area contributed by atoms with Crippen LogP contribution in [-0.4, -0.2) is 38.2 Å². The lowest BCUT2D eigenvalue weighted by Gasteiger charge is -2.07. The minimum atomic E-state index is 0.738. The summed E-state index contributed by atoms with van der Waals surface area (Å²) in [6.45, 7) is 0.753. The van der Waals surface area contributed by atoms with Gasteiger partial charge in [0.05, 0.1) is 7.11 Å². The molecule has 0 fully saturated rings. The number of fused-ring (bicyclic) bond motifs is 2. The molecule has 0 amide bonds. The Balaban J connectivity index is 1.37. The summed E-state index contributed by atoms with van der Waals surface area (Å²) < 4.78 is 7.18. The van der Waals surface area contributed by atoms with Gasteiger partial charge in [0.25, 0.3) is 0 Å². The first-order valence-electron chi connectivity index (χ1n) is 9.45. The second kappa shape index (κ2) is 7.27. The highest BCUT2D eigenvalue weighted by molar-refractivity contribution is 5.84. The number of hydrogen-bond acceptors (Lipinski definition) is 5. The second-order valence-corrected chi connectivity index (χ2v) is 6.74. The Bertz CT molecular complexity index is 1270. The summed E-state index contributed by atoms with van der Waals surface area (Å²) in [4.78, 5) is 16.7. The lowest BCUT2D eigenvalue weighted by atomic mass is 10.1. The molecule has 0 atom stereocenters. The van der Waals surface area contributed by atoms with Gasteiger partial charge in [-0.15, -0.1) is 0 Å². The van der Waals surface area contributed by atoms with E-state index < -0.39 is 0 Å². The fourth-order valence-corrected chi connectivity index (χ4v) is 3.55. The Kier molecular flexibility index (Phi) is 4.32. The molecule has 0 aliphatic carbocycles. The molecule has 2 aromatic carbocycles. The predicted molar refractivity (Wildman–Crippen MR) is 114 cm³/mol. The van der Waals surface area contributed by atoms with E-state index >= 15 is 0 Å². The smallest absolute Gasteiger partial charge is 0.170 e. The molecule has 5 rings (SSSR count). The number of nitrogens with zero attached hydrogens (tertiary/aromatic N) is 4. The van der Waals surface area contributed by atoms with E-state index in [9.17, 15) is 0 Å². The quantitative estimate of drug-likeness (QED) is 0.463. The van der Waals surface area contributed by atoms with E-state index in [2.05, 4.69) is 49.6 Å². The van der Waals surface area contributed by atoms with Crippen LogP contribution in [0.2, 0.25) is 0 Å². The first-order valence-corrected chi connectivity index (χ1v) is 9.45. The van der Waals surface area contributed by atoms with Gasteiger partial charge in [0.1, 0.15) is 18.4 Å². The third-order valence-corrected chi connectivity index (χ3v) is 5.05. The number of benzene rings is 2. The Morgan fingerprint density at radius 1 is 1.03 bits per heavy atom. The average molecular weight is 384 g/mol. The Labute approximate surface area is 167 Å². The minimum absolute atomic E-state index is 0.738. The molecule has 0 bridgehead atoms. The highest BCUT2D eigenvalue weighted by Crippen LogP contribution is 2.23. The summed E-state index contributed by atoms with van der Waals surface area (Å²) in [5.41, 5.74) is 4.92. The highest BCUT2D eigenvalue weighted by atomic mass is 16.5. The monoisotopic (exact) mass is 384 g/mol. The van der Waals surface area contributed by atoms with Gasteiger partial charge in [-0.2, -0.15) is 0 Å². The number of methoxy groups -OCH3 is 1. The maximum absolute atomic E-state index is 5.23. The van der Waals surface area contributed by atoms with Crippen molar-refractivity contribution in [3.63, 3.8) is 0 Å². The first-order chi connectivity index (χ1) is 14.3. The number of nitrogens with one attached hydrogen (secondary N) is 2. The molecule has 29 heavy (non-hydrogen) atoms. The maximum atomic E-state index is 5.23. The van der Waals surface area contributed by atoms with Crippen molar-refractivity contribution < 1.29 is 4.74 Å². The fraction of sp³-hybridized carbons (Fsp3) is 0.136. The van der Waals surface area contributed by atoms with Crippen molar-refractivity contribution in [1.82, 2.24) is 24.5 Å². The van der Waals surface area contributed by atoms with Crippen molar-refractivity contribution in [2.75, 3.05) is 19.0 Å². The zero-order valence-electron chi connectivity index (χ0n) is 16.0. The van der Waals surface area contributed by atoms with Gasteiger partial charge in [-0.25, -0.2) is 15.0 Å². The SMILES string of the molecule is COc1ccc(-n2cnc3c(NCCc4c[nH]c5ccccc45)ncnc32)cc1. The van der Waals surface area contributed by atoms with Crippen molar-refractivity contribution in [2.45, 2.75) is 6.42 Å². The fourth-order valence-electron chi connectivity index (χ4n) is 3.55. The lowest BCUT2D eigenvalue weighted by molar-refractivity contribution is 0.415. The van der Waals surface area contributed by atoms with Crippen LogP contribution in [0.4, 0.5) is 5.82 Å². The van der Waals surface area contributed by atoms with Gasteiger partial charge in [-0.05, 0) is 42.3 Å². The lowest BCUT2D eigenvalue weighted by Crippen LogP contribution is -2.07. The Morgan fingerprint density at radius 3 is 2.76 bits per heavy atom. The molecular formula is C22H20N6O. The average Bonchev–Trinajstić information content (AvgIpc) is 3.39. The van der Waals surface area contributed by atoms with Gasteiger partial charge in [-0.1, -0.05) is 18.2 Å². The van der Waals surface area contributed by atoms with Gasteiger partial charge in [0.15, 0.2) is 17.0 Å². The molecule has 3 aromatic heterocycles. The van der Waals surface area contributed by atoms with Crippen molar-refractivity contribution in [3.05, 3.63) is 72.9 Å². The van der Waals surface area contributed by atoms with Crippen LogP contribution in [0, 0.1) is 0 Å². The summed E-state index contributed by atoms with van der Waals surface area (Å²) in [6, 6.07) is 16.1. The van der Waals surface area contributed by atoms with Gasteiger partial charge in [-0.3, -0.25) is 4.57 Å². The molecule has 0 aliphatic heterocycles. The number of rotatable bonds is 6. The number of hydrogen-bond donors (Lipinski definition) is 2. The summed E-state index contributed by atoms with van der Waals surface area (Å²) in [6.07, 6.45) is 6.29. The van der Waals surface area contributed by atoms with Gasteiger partial charge in [0.2, 0.25) is 0 Å². The van der Waals surface area contributed by atoms with Crippen LogP contribution in [0.3, 0.4) is 0 Å². The number of aromatic amines is 1. The zero-order valence-corrected chi connectivity index (χ0v) is 16.0. The van der Waals surface area contributed by atoms with Crippen LogP contribution < -0.4 is 10.1 Å². The summed E-state index contributed by atoms with van der Waals surface area (Å²) >= 11 is 0. The molecule has 0 spiro atoms. The number of para-hydroxylation sites is 1. The summed E-state index contributed by atoms with van der Waals surface area (Å²) in [5, 5.41) is 4.67. The van der Waals surface area contributed by atoms with Gasteiger partial charge < -0.3 is 15.0 Å². The number of ether oxygens (including phenoxy) is 1. The number of aromatic nitrogens is 5. The molecule has 2 N–H and O–H groups in total. The number of anilines is 1. The van der Waals surface area contributed by atoms with E-state index in [1.54, 1.807) is 19.8 Å². The summed E-state index contributed by atoms with van der Waals surface area (Å²) in [5.74, 6) is 1.55. The van der Waals surface area contributed by atoms with Crippen LogP contribution in [-0.2, 0) is 6.42 Å². The zero-order chi connectivity index (χ0) is 19.6. The topological polar surface area (TPSA) is 80.6 Å². The Morgan fingerprint density at radius 2 is 1.90 bits per heavy atom. The van der Waals surface area contributed by atoms with Crippen LogP contribution in [0.15, 0.2) is 67.4 Å². The van der Waals surface area contributed by atoms with Crippen molar-refractivity contribution in [3.8, 4) is 11.4 Å². The standard InChI is InChI=1S/C22H20N6O/c1-29-17-8-6-16(7-9-17)28-14-27-20-21(25-13-26-22(20)28)23-11-10-15-12-24-19-5-3-2-4-18(15)19/h2-9,12-14,24H,10-11H2,1H3,(H,23,25,26). The maximum Gasteiger partial charge on any atom is 0.170 e. The minimum Gasteiger partial charge on any atom is -0.497 e. The van der Waals surface area contributed by atoms with E-state index in [-0.39, 0.29) is 0 Å². The van der Waals surface area contributed by atoms with E-state index in [1.165, 1.54) is 10.9 Å². The van der Waals surface area contributed by atoms with Crippen LogP contribution in [0.5, 0.6) is 5.75 Å². The van der Waals surface area contributed by atoms with E-state index in [1.807, 2.05) is 34.9 Å². The van der Waals surface area contributed by atoms with Crippen molar-refractivity contribution >= 4 is 27.9 Å². The third kappa shape index (κ3) is 3.16. The molecule has 5 aromatic rings. The molecule has 0 saturated carbocycles. The van der Waals surface area contributed by atoms with Crippen molar-refractivity contribution in [2.24, 2.45) is 0 Å². The molecule has 0 unspecified atom stereocenters.